The zero-order valence-corrected chi connectivity index (χ0v) is 19.1. The van der Waals surface area contributed by atoms with Gasteiger partial charge >= 0.3 is 17.6 Å². The highest BCUT2D eigenvalue weighted by Gasteiger charge is 2.26. The van der Waals surface area contributed by atoms with Crippen molar-refractivity contribution in [3.05, 3.63) is 77.8 Å². The van der Waals surface area contributed by atoms with Crippen LogP contribution in [-0.2, 0) is 20.9 Å². The summed E-state index contributed by atoms with van der Waals surface area (Å²) in [6.45, 7) is 1.87. The van der Waals surface area contributed by atoms with Crippen molar-refractivity contribution in [2.24, 2.45) is 0 Å². The van der Waals surface area contributed by atoms with Crippen LogP contribution in [0.4, 0.5) is 18.9 Å². The van der Waals surface area contributed by atoms with Crippen LogP contribution in [0.1, 0.15) is 29.8 Å². The predicted molar refractivity (Wildman–Crippen MR) is 115 cm³/mol. The van der Waals surface area contributed by atoms with Gasteiger partial charge in [0.2, 0.25) is 11.2 Å². The van der Waals surface area contributed by atoms with E-state index in [0.717, 1.165) is 29.8 Å². The second-order valence-electron chi connectivity index (χ2n) is 6.81. The minimum atomic E-state index is -1.41. The van der Waals surface area contributed by atoms with Crippen LogP contribution in [0.5, 0.6) is 0 Å². The van der Waals surface area contributed by atoms with Gasteiger partial charge in [0.15, 0.2) is 11.6 Å². The highest BCUT2D eigenvalue weighted by atomic mass is 79.9. The first-order chi connectivity index (χ1) is 16.0. The Bertz CT molecular complexity index is 1420. The molecule has 0 radical (unpaired) electrons. The van der Waals surface area contributed by atoms with E-state index in [4.69, 9.17) is 9.47 Å². The van der Waals surface area contributed by atoms with Crippen LogP contribution >= 0.6 is 15.9 Å². The van der Waals surface area contributed by atoms with Gasteiger partial charge in [0.25, 0.3) is 0 Å². The van der Waals surface area contributed by atoms with Gasteiger partial charge in [0.05, 0.1) is 32.6 Å². The third-order valence-corrected chi connectivity index (χ3v) is 5.38. The van der Waals surface area contributed by atoms with Gasteiger partial charge in [-0.25, -0.2) is 13.6 Å². The maximum Gasteiger partial charge on any atom is 0.343 e. The number of esters is 2. The Balaban J connectivity index is 2.52. The van der Waals surface area contributed by atoms with E-state index < -0.39 is 67.5 Å². The van der Waals surface area contributed by atoms with Crippen molar-refractivity contribution in [1.29, 1.82) is 0 Å². The molecular weight excluding hydrogens is 529 g/mol. The van der Waals surface area contributed by atoms with Crippen molar-refractivity contribution in [2.45, 2.75) is 20.5 Å². The third-order valence-electron chi connectivity index (χ3n) is 4.66. The molecule has 3 aromatic rings. The van der Waals surface area contributed by atoms with Crippen molar-refractivity contribution in [3.8, 4) is 5.69 Å². The summed E-state index contributed by atoms with van der Waals surface area (Å²) in [4.78, 5) is 46.9. The van der Waals surface area contributed by atoms with E-state index in [-0.39, 0.29) is 23.4 Å². The first-order valence-electron chi connectivity index (χ1n) is 9.48. The third kappa shape index (κ3) is 4.51. The Hall–Kier alpha value is -3.74. The molecule has 0 spiro atoms. The Labute approximate surface area is 197 Å². The van der Waals surface area contributed by atoms with Crippen molar-refractivity contribution >= 4 is 44.5 Å². The standard InChI is InChI=1S/C21H14BrF3N2O7/c1-3-33-21(30)12-7-26(19-11(20(12)29)5-14(24)18(25)17(19)22)15-6-16(27(31)32)13(23)4-10(15)8-34-9(2)28/h4-7H,3,8H2,1-2H3. The van der Waals surface area contributed by atoms with Crippen LogP contribution in [-0.4, -0.2) is 28.0 Å². The van der Waals surface area contributed by atoms with Gasteiger partial charge in [-0.05, 0) is 35.0 Å². The van der Waals surface area contributed by atoms with Crippen molar-refractivity contribution in [3.63, 3.8) is 0 Å². The number of hydrogen-bond acceptors (Lipinski definition) is 7. The number of nitro groups is 1. The van der Waals surface area contributed by atoms with E-state index >= 15 is 0 Å². The van der Waals surface area contributed by atoms with Gasteiger partial charge in [0, 0.05) is 24.8 Å². The SMILES string of the molecule is CCOC(=O)c1cn(-c2cc([N+](=O)[O-])c(F)cc2COC(C)=O)c2c(Br)c(F)c(F)cc2c1=O. The summed E-state index contributed by atoms with van der Waals surface area (Å²) in [7, 11) is 0. The molecule has 0 saturated carbocycles. The molecule has 1 heterocycles. The second-order valence-corrected chi connectivity index (χ2v) is 7.61. The van der Waals surface area contributed by atoms with E-state index in [1.165, 1.54) is 6.92 Å². The highest BCUT2D eigenvalue weighted by molar-refractivity contribution is 9.10. The number of aromatic nitrogens is 1. The molecule has 2 aromatic carbocycles. The molecule has 0 amide bonds. The Kier molecular flexibility index (Phi) is 7.05. The number of nitro benzene ring substituents is 1. The molecule has 0 N–H and O–H groups in total. The molecule has 13 heteroatoms. The number of carbonyl (C=O) groups excluding carboxylic acids is 2. The maximum absolute atomic E-state index is 14.4. The van der Waals surface area contributed by atoms with Crippen LogP contribution in [0.15, 0.2) is 33.7 Å². The zero-order valence-electron chi connectivity index (χ0n) is 17.5. The molecule has 0 aliphatic heterocycles. The number of nitrogens with zero attached hydrogens (tertiary/aromatic N) is 2. The van der Waals surface area contributed by atoms with E-state index in [1.54, 1.807) is 0 Å². The smallest absolute Gasteiger partial charge is 0.343 e. The number of hydrogen-bond donors (Lipinski definition) is 0. The average Bonchev–Trinajstić information content (AvgIpc) is 2.76. The van der Waals surface area contributed by atoms with Gasteiger partial charge in [-0.1, -0.05) is 0 Å². The molecule has 1 aromatic heterocycles. The summed E-state index contributed by atoms with van der Waals surface area (Å²) >= 11 is 2.87. The lowest BCUT2D eigenvalue weighted by atomic mass is 10.1. The van der Waals surface area contributed by atoms with E-state index in [1.807, 2.05) is 0 Å². The summed E-state index contributed by atoms with van der Waals surface area (Å²) in [5, 5.41) is 10.9. The fraction of sp³-hybridized carbons (Fsp3) is 0.190. The largest absolute Gasteiger partial charge is 0.462 e. The molecule has 34 heavy (non-hydrogen) atoms. The van der Waals surface area contributed by atoms with Crippen LogP contribution in [0.2, 0.25) is 0 Å². The lowest BCUT2D eigenvalue weighted by Crippen LogP contribution is -2.22. The molecule has 3 rings (SSSR count). The minimum Gasteiger partial charge on any atom is -0.462 e. The number of pyridine rings is 1. The minimum absolute atomic E-state index is 0.114. The Morgan fingerprint density at radius 3 is 2.41 bits per heavy atom. The van der Waals surface area contributed by atoms with E-state index in [2.05, 4.69) is 15.9 Å². The number of benzene rings is 2. The summed E-state index contributed by atoms with van der Waals surface area (Å²) in [6, 6.07) is 2.03. The van der Waals surface area contributed by atoms with Gasteiger partial charge in [-0.2, -0.15) is 4.39 Å². The van der Waals surface area contributed by atoms with Gasteiger partial charge in [-0.3, -0.25) is 19.7 Å². The molecule has 9 nitrogen and oxygen atoms in total. The van der Waals surface area contributed by atoms with Crippen molar-refractivity contribution < 1.29 is 37.2 Å². The lowest BCUT2D eigenvalue weighted by Gasteiger charge is -2.18. The number of rotatable bonds is 6. The highest BCUT2D eigenvalue weighted by Crippen LogP contribution is 2.33. The van der Waals surface area contributed by atoms with Crippen LogP contribution < -0.4 is 5.43 Å². The average molecular weight is 543 g/mol. The summed E-state index contributed by atoms with van der Waals surface area (Å²) in [5.41, 5.74) is -3.28. The number of ether oxygens (including phenoxy) is 2. The molecule has 0 bridgehead atoms. The molecule has 0 saturated heterocycles. The topological polar surface area (TPSA) is 118 Å². The summed E-state index contributed by atoms with van der Waals surface area (Å²) in [6.07, 6.45) is 0.902. The number of halogens is 4. The summed E-state index contributed by atoms with van der Waals surface area (Å²) < 4.78 is 53.1. The van der Waals surface area contributed by atoms with Gasteiger partial charge < -0.3 is 14.0 Å². The maximum atomic E-state index is 14.4. The molecular formula is C21H14BrF3N2O7. The normalized spacial score (nSPS) is 10.9. The molecule has 0 atom stereocenters. The molecule has 0 unspecified atom stereocenters. The van der Waals surface area contributed by atoms with Crippen molar-refractivity contribution in [1.82, 2.24) is 4.57 Å². The summed E-state index contributed by atoms with van der Waals surface area (Å²) in [5.74, 6) is -5.90. The second kappa shape index (κ2) is 9.63. The van der Waals surface area contributed by atoms with Crippen LogP contribution in [0, 0.1) is 27.6 Å². The van der Waals surface area contributed by atoms with Gasteiger partial charge in [0.1, 0.15) is 12.2 Å². The molecule has 0 aliphatic carbocycles. The first-order valence-corrected chi connectivity index (χ1v) is 10.3. The number of fused-ring (bicyclic) bond motifs is 1. The fourth-order valence-corrected chi connectivity index (χ4v) is 3.78. The van der Waals surface area contributed by atoms with E-state index in [9.17, 15) is 37.7 Å². The molecule has 178 valence electrons. The quantitative estimate of drug-likeness (QED) is 0.197. The molecule has 0 fully saturated rings. The van der Waals surface area contributed by atoms with Crippen LogP contribution in [0.25, 0.3) is 16.6 Å². The Morgan fingerprint density at radius 2 is 1.82 bits per heavy atom. The Morgan fingerprint density at radius 1 is 1.15 bits per heavy atom. The predicted octanol–water partition coefficient (Wildman–Crippen LogP) is 4.32. The van der Waals surface area contributed by atoms with Gasteiger partial charge in [-0.15, -0.1) is 0 Å². The zero-order chi connectivity index (χ0) is 25.3. The lowest BCUT2D eigenvalue weighted by molar-refractivity contribution is -0.387. The monoisotopic (exact) mass is 542 g/mol. The first kappa shape index (κ1) is 24.9. The van der Waals surface area contributed by atoms with E-state index in [0.29, 0.717) is 6.07 Å². The number of carbonyl (C=O) groups is 2. The van der Waals surface area contributed by atoms with Crippen LogP contribution in [0.3, 0.4) is 0 Å². The molecule has 0 aliphatic rings. The fourth-order valence-electron chi connectivity index (χ4n) is 3.19. The van der Waals surface area contributed by atoms with Crippen molar-refractivity contribution in [2.75, 3.05) is 6.61 Å².